The Balaban J connectivity index is 1.76. The van der Waals surface area contributed by atoms with Crippen LogP contribution in [0.5, 0.6) is 0 Å². The summed E-state index contributed by atoms with van der Waals surface area (Å²) in [5.41, 5.74) is 2.38. The van der Waals surface area contributed by atoms with Gasteiger partial charge in [-0.25, -0.2) is 8.42 Å². The topological polar surface area (TPSA) is 83.7 Å². The standard InChI is InChI=1S/C18H20BrN3O4S/c1-11-8-17(26-20-11)15-4-3-6-22(15)27(24,25)18-10-16-13(9-14(18)19)5-7-21(16)12(2)23/h8-10,15H,3-7H2,1-2H3. The number of aromatic nitrogens is 1. The van der Waals surface area contributed by atoms with E-state index in [1.807, 2.05) is 13.0 Å². The van der Waals surface area contributed by atoms with Gasteiger partial charge in [-0.3, -0.25) is 4.79 Å². The number of hydrogen-bond acceptors (Lipinski definition) is 5. The van der Waals surface area contributed by atoms with Crippen LogP contribution < -0.4 is 4.90 Å². The number of fused-ring (bicyclic) bond motifs is 1. The molecule has 27 heavy (non-hydrogen) atoms. The molecule has 2 aliphatic heterocycles. The fourth-order valence-electron chi connectivity index (χ4n) is 3.89. The van der Waals surface area contributed by atoms with Crippen molar-refractivity contribution in [3.63, 3.8) is 0 Å². The molecule has 1 atom stereocenters. The maximum Gasteiger partial charge on any atom is 0.244 e. The molecule has 0 aliphatic carbocycles. The van der Waals surface area contributed by atoms with E-state index in [0.29, 0.717) is 35.4 Å². The van der Waals surface area contributed by atoms with Crippen LogP contribution in [-0.4, -0.2) is 36.9 Å². The number of aryl methyl sites for hydroxylation is 1. The summed E-state index contributed by atoms with van der Waals surface area (Å²) in [5.74, 6) is 0.479. The van der Waals surface area contributed by atoms with Crippen molar-refractivity contribution in [2.24, 2.45) is 0 Å². The van der Waals surface area contributed by atoms with Crippen molar-refractivity contribution < 1.29 is 17.7 Å². The Hall–Kier alpha value is -1.71. The van der Waals surface area contributed by atoms with Crippen molar-refractivity contribution in [2.45, 2.75) is 44.0 Å². The van der Waals surface area contributed by atoms with Crippen LogP contribution in [-0.2, 0) is 21.2 Å². The monoisotopic (exact) mass is 453 g/mol. The molecular formula is C18H20BrN3O4S. The number of halogens is 1. The molecule has 1 aromatic carbocycles. The molecule has 1 fully saturated rings. The Morgan fingerprint density at radius 1 is 1.30 bits per heavy atom. The van der Waals surface area contributed by atoms with Crippen LogP contribution in [0.1, 0.15) is 42.8 Å². The fourth-order valence-corrected chi connectivity index (χ4v) is 6.63. The van der Waals surface area contributed by atoms with E-state index in [1.54, 1.807) is 17.0 Å². The third-order valence-electron chi connectivity index (χ3n) is 5.17. The molecule has 1 aromatic heterocycles. The second kappa shape index (κ2) is 6.72. The highest BCUT2D eigenvalue weighted by Crippen LogP contribution is 2.41. The van der Waals surface area contributed by atoms with Gasteiger partial charge in [0.1, 0.15) is 0 Å². The van der Waals surface area contributed by atoms with Crippen LogP contribution >= 0.6 is 15.9 Å². The fraction of sp³-hybridized carbons (Fsp3) is 0.444. The van der Waals surface area contributed by atoms with Gasteiger partial charge in [-0.15, -0.1) is 0 Å². The minimum atomic E-state index is -3.77. The molecule has 4 rings (SSSR count). The van der Waals surface area contributed by atoms with Crippen LogP contribution in [0.25, 0.3) is 0 Å². The second-order valence-corrected chi connectivity index (χ2v) is 9.69. The molecule has 1 amide bonds. The molecule has 0 bridgehead atoms. The molecule has 0 spiro atoms. The lowest BCUT2D eigenvalue weighted by molar-refractivity contribution is -0.116. The molecule has 2 aromatic rings. The highest BCUT2D eigenvalue weighted by molar-refractivity contribution is 9.10. The largest absolute Gasteiger partial charge is 0.359 e. The third-order valence-corrected chi connectivity index (χ3v) is 8.04. The van der Waals surface area contributed by atoms with Gasteiger partial charge in [-0.2, -0.15) is 4.31 Å². The summed E-state index contributed by atoms with van der Waals surface area (Å²) in [4.78, 5) is 13.7. The molecule has 0 radical (unpaired) electrons. The number of nitrogens with zero attached hydrogens (tertiary/aromatic N) is 3. The predicted molar refractivity (Wildman–Crippen MR) is 103 cm³/mol. The van der Waals surface area contributed by atoms with Crippen molar-refractivity contribution in [3.8, 4) is 0 Å². The first-order valence-corrected chi connectivity index (χ1v) is 11.1. The van der Waals surface area contributed by atoms with Crippen molar-refractivity contribution in [2.75, 3.05) is 18.0 Å². The smallest absolute Gasteiger partial charge is 0.244 e. The van der Waals surface area contributed by atoms with Gasteiger partial charge in [0.25, 0.3) is 0 Å². The lowest BCUT2D eigenvalue weighted by atomic mass is 10.2. The number of anilines is 1. The van der Waals surface area contributed by atoms with E-state index in [9.17, 15) is 13.2 Å². The maximum atomic E-state index is 13.5. The van der Waals surface area contributed by atoms with E-state index in [1.165, 1.54) is 11.2 Å². The van der Waals surface area contributed by atoms with Gasteiger partial charge in [0.05, 0.1) is 16.6 Å². The number of benzene rings is 1. The number of sulfonamides is 1. The molecule has 144 valence electrons. The molecular weight excluding hydrogens is 434 g/mol. The van der Waals surface area contributed by atoms with Gasteiger partial charge in [-0.1, -0.05) is 5.16 Å². The average molecular weight is 454 g/mol. The van der Waals surface area contributed by atoms with Gasteiger partial charge in [0, 0.05) is 36.2 Å². The quantitative estimate of drug-likeness (QED) is 0.712. The zero-order chi connectivity index (χ0) is 19.3. The molecule has 1 unspecified atom stereocenters. The van der Waals surface area contributed by atoms with Crippen molar-refractivity contribution in [3.05, 3.63) is 39.7 Å². The van der Waals surface area contributed by atoms with Crippen LogP contribution in [0, 0.1) is 6.92 Å². The Labute approximate surface area is 166 Å². The van der Waals surface area contributed by atoms with Crippen LogP contribution in [0.15, 0.2) is 32.1 Å². The number of hydrogen-bond donors (Lipinski definition) is 0. The Morgan fingerprint density at radius 3 is 2.74 bits per heavy atom. The van der Waals surface area contributed by atoms with E-state index in [2.05, 4.69) is 21.1 Å². The second-order valence-electron chi connectivity index (χ2n) is 6.98. The van der Waals surface area contributed by atoms with E-state index in [4.69, 9.17) is 4.52 Å². The molecule has 7 nitrogen and oxygen atoms in total. The van der Waals surface area contributed by atoms with Crippen LogP contribution in [0.2, 0.25) is 0 Å². The Kier molecular flexibility index (Phi) is 4.64. The maximum absolute atomic E-state index is 13.5. The molecule has 1 saturated heterocycles. The van der Waals surface area contributed by atoms with Gasteiger partial charge in [0.2, 0.25) is 15.9 Å². The van der Waals surface area contributed by atoms with Crippen molar-refractivity contribution in [1.82, 2.24) is 9.46 Å². The number of carbonyl (C=O) groups is 1. The highest BCUT2D eigenvalue weighted by atomic mass is 79.9. The molecule has 3 heterocycles. The summed E-state index contributed by atoms with van der Waals surface area (Å²) in [6.07, 6.45) is 2.17. The van der Waals surface area contributed by atoms with Gasteiger partial charge < -0.3 is 9.42 Å². The van der Waals surface area contributed by atoms with Gasteiger partial charge in [0.15, 0.2) is 5.76 Å². The first-order valence-electron chi connectivity index (χ1n) is 8.84. The summed E-state index contributed by atoms with van der Waals surface area (Å²) in [6, 6.07) is 4.85. The highest BCUT2D eigenvalue weighted by Gasteiger charge is 2.40. The third kappa shape index (κ3) is 3.11. The Bertz CT molecular complexity index is 1020. The first kappa shape index (κ1) is 18.6. The van der Waals surface area contributed by atoms with Crippen LogP contribution in [0.4, 0.5) is 5.69 Å². The SMILES string of the molecule is CC(=O)N1CCc2cc(Br)c(S(=O)(=O)N3CCCC3c3cc(C)no3)cc21. The van der Waals surface area contributed by atoms with E-state index >= 15 is 0 Å². The van der Waals surface area contributed by atoms with Gasteiger partial charge in [-0.05, 0) is 59.8 Å². The lowest BCUT2D eigenvalue weighted by Gasteiger charge is -2.24. The molecule has 0 saturated carbocycles. The van der Waals surface area contributed by atoms with Crippen molar-refractivity contribution >= 4 is 37.5 Å². The average Bonchev–Trinajstić information content (AvgIpc) is 3.31. The minimum Gasteiger partial charge on any atom is -0.359 e. The van der Waals surface area contributed by atoms with E-state index in [-0.39, 0.29) is 16.8 Å². The Morgan fingerprint density at radius 2 is 2.07 bits per heavy atom. The summed E-state index contributed by atoms with van der Waals surface area (Å²) in [5, 5.41) is 3.89. The lowest BCUT2D eigenvalue weighted by Crippen LogP contribution is -2.31. The number of carbonyl (C=O) groups excluding carboxylic acids is 1. The predicted octanol–water partition coefficient (Wildman–Crippen LogP) is 3.18. The first-order chi connectivity index (χ1) is 12.8. The van der Waals surface area contributed by atoms with Gasteiger partial charge >= 0.3 is 0 Å². The zero-order valence-corrected chi connectivity index (χ0v) is 17.5. The molecule has 9 heteroatoms. The minimum absolute atomic E-state index is 0.0874. The van der Waals surface area contributed by atoms with E-state index < -0.39 is 10.0 Å². The number of amides is 1. The zero-order valence-electron chi connectivity index (χ0n) is 15.1. The summed E-state index contributed by atoms with van der Waals surface area (Å²) in [7, 11) is -3.77. The van der Waals surface area contributed by atoms with Crippen molar-refractivity contribution in [1.29, 1.82) is 0 Å². The number of rotatable bonds is 3. The normalized spacial score (nSPS) is 20.3. The summed E-state index contributed by atoms with van der Waals surface area (Å²) < 4.78 is 34.2. The summed E-state index contributed by atoms with van der Waals surface area (Å²) in [6.45, 7) is 4.30. The van der Waals surface area contributed by atoms with E-state index in [0.717, 1.165) is 24.1 Å². The molecule has 0 N–H and O–H groups in total. The summed E-state index contributed by atoms with van der Waals surface area (Å²) >= 11 is 3.43. The molecule has 2 aliphatic rings. The van der Waals surface area contributed by atoms with Crippen LogP contribution in [0.3, 0.4) is 0 Å².